The lowest BCUT2D eigenvalue weighted by molar-refractivity contribution is 0.970. The Morgan fingerprint density at radius 1 is 1.22 bits per heavy atom. The van der Waals surface area contributed by atoms with Crippen LogP contribution in [0.4, 0.5) is 5.82 Å². The Morgan fingerprint density at radius 3 is 2.61 bits per heavy atom. The molecule has 0 fully saturated rings. The highest BCUT2D eigenvalue weighted by Crippen LogP contribution is 2.38. The molecule has 0 saturated carbocycles. The van der Waals surface area contributed by atoms with E-state index in [4.69, 9.17) is 34.8 Å². The molecule has 2 rings (SSSR count). The van der Waals surface area contributed by atoms with Crippen molar-refractivity contribution in [3.63, 3.8) is 0 Å². The standard InChI is InChI=1S/C12H11Cl3N2S/c1-2-4-16-12-9(15)6-8(14)10(17-12)11-7(13)3-5-18-11/h3,5-6H,2,4H2,1H3,(H,16,17). The number of hydrogen-bond acceptors (Lipinski definition) is 3. The normalized spacial score (nSPS) is 10.7. The van der Waals surface area contributed by atoms with Crippen LogP contribution in [0.3, 0.4) is 0 Å². The summed E-state index contributed by atoms with van der Waals surface area (Å²) < 4.78 is 0. The van der Waals surface area contributed by atoms with E-state index >= 15 is 0 Å². The summed E-state index contributed by atoms with van der Waals surface area (Å²) in [4.78, 5) is 5.32. The lowest BCUT2D eigenvalue weighted by atomic mass is 10.3. The second kappa shape index (κ2) is 6.11. The monoisotopic (exact) mass is 320 g/mol. The SMILES string of the molecule is CCCNc1nc(-c2sccc2Cl)c(Cl)cc1Cl. The van der Waals surface area contributed by atoms with Crippen molar-refractivity contribution >= 4 is 52.0 Å². The molecule has 0 radical (unpaired) electrons. The topological polar surface area (TPSA) is 24.9 Å². The highest BCUT2D eigenvalue weighted by Gasteiger charge is 2.14. The van der Waals surface area contributed by atoms with E-state index in [1.165, 1.54) is 11.3 Å². The molecule has 0 aromatic carbocycles. The predicted molar refractivity (Wildman–Crippen MR) is 81.4 cm³/mol. The molecule has 0 aliphatic rings. The van der Waals surface area contributed by atoms with Crippen molar-refractivity contribution in [2.75, 3.05) is 11.9 Å². The first-order valence-electron chi connectivity index (χ1n) is 5.46. The summed E-state index contributed by atoms with van der Waals surface area (Å²) >= 11 is 19.9. The van der Waals surface area contributed by atoms with Gasteiger partial charge in [-0.25, -0.2) is 4.98 Å². The molecular weight excluding hydrogens is 311 g/mol. The third-order valence-corrected chi connectivity index (χ3v) is 4.23. The summed E-state index contributed by atoms with van der Waals surface area (Å²) in [5.41, 5.74) is 0.666. The lowest BCUT2D eigenvalue weighted by Gasteiger charge is -2.09. The zero-order chi connectivity index (χ0) is 13.1. The zero-order valence-electron chi connectivity index (χ0n) is 9.64. The molecule has 0 unspecified atom stereocenters. The lowest BCUT2D eigenvalue weighted by Crippen LogP contribution is -2.03. The molecule has 2 aromatic heterocycles. The summed E-state index contributed by atoms with van der Waals surface area (Å²) in [6, 6.07) is 3.52. The van der Waals surface area contributed by atoms with Crippen LogP contribution in [-0.2, 0) is 0 Å². The highest BCUT2D eigenvalue weighted by molar-refractivity contribution is 7.14. The van der Waals surface area contributed by atoms with E-state index in [0.717, 1.165) is 17.8 Å². The number of pyridine rings is 1. The van der Waals surface area contributed by atoms with Gasteiger partial charge in [0.1, 0.15) is 11.5 Å². The van der Waals surface area contributed by atoms with Gasteiger partial charge in [-0.3, -0.25) is 0 Å². The molecule has 2 heterocycles. The summed E-state index contributed by atoms with van der Waals surface area (Å²) in [5, 5.41) is 6.75. The number of thiophene rings is 1. The van der Waals surface area contributed by atoms with Gasteiger partial charge < -0.3 is 5.32 Å². The molecule has 0 aliphatic heterocycles. The quantitative estimate of drug-likeness (QED) is 0.793. The molecule has 2 nitrogen and oxygen atoms in total. The van der Waals surface area contributed by atoms with Crippen LogP contribution < -0.4 is 5.32 Å². The Kier molecular flexibility index (Phi) is 4.73. The third kappa shape index (κ3) is 2.91. The van der Waals surface area contributed by atoms with Crippen LogP contribution in [0.25, 0.3) is 10.6 Å². The summed E-state index contributed by atoms with van der Waals surface area (Å²) in [7, 11) is 0. The van der Waals surface area contributed by atoms with E-state index in [9.17, 15) is 0 Å². The van der Waals surface area contributed by atoms with Crippen molar-refractivity contribution in [1.29, 1.82) is 0 Å². The van der Waals surface area contributed by atoms with Gasteiger partial charge in [-0.2, -0.15) is 0 Å². The Hall–Kier alpha value is -0.480. The van der Waals surface area contributed by atoms with Crippen LogP contribution in [0.15, 0.2) is 17.5 Å². The van der Waals surface area contributed by atoms with Gasteiger partial charge in [-0.05, 0) is 23.9 Å². The van der Waals surface area contributed by atoms with Crippen molar-refractivity contribution < 1.29 is 0 Å². The molecule has 6 heteroatoms. The molecule has 0 saturated heterocycles. The van der Waals surface area contributed by atoms with Crippen molar-refractivity contribution in [2.24, 2.45) is 0 Å². The fourth-order valence-corrected chi connectivity index (χ4v) is 3.18. The van der Waals surface area contributed by atoms with E-state index < -0.39 is 0 Å². The number of anilines is 1. The second-order valence-corrected chi connectivity index (χ2v) is 5.81. The van der Waals surface area contributed by atoms with Gasteiger partial charge in [0.05, 0.1) is 19.9 Å². The van der Waals surface area contributed by atoms with Crippen LogP contribution in [0.5, 0.6) is 0 Å². The molecule has 0 atom stereocenters. The Bertz CT molecular complexity index is 554. The van der Waals surface area contributed by atoms with Crippen molar-refractivity contribution in [1.82, 2.24) is 4.98 Å². The molecule has 2 aromatic rings. The first-order valence-corrected chi connectivity index (χ1v) is 7.48. The average molecular weight is 322 g/mol. The van der Waals surface area contributed by atoms with Crippen LogP contribution in [-0.4, -0.2) is 11.5 Å². The summed E-state index contributed by atoms with van der Waals surface area (Å²) in [6.07, 6.45) is 0.996. The number of rotatable bonds is 4. The summed E-state index contributed by atoms with van der Waals surface area (Å²) in [6.45, 7) is 2.89. The van der Waals surface area contributed by atoms with Gasteiger partial charge in [-0.15, -0.1) is 11.3 Å². The van der Waals surface area contributed by atoms with E-state index in [1.54, 1.807) is 6.07 Å². The molecule has 0 aliphatic carbocycles. The van der Waals surface area contributed by atoms with Gasteiger partial charge >= 0.3 is 0 Å². The molecule has 0 bridgehead atoms. The molecular formula is C12H11Cl3N2S. The van der Waals surface area contributed by atoms with Gasteiger partial charge in [-0.1, -0.05) is 41.7 Å². The maximum absolute atomic E-state index is 6.17. The van der Waals surface area contributed by atoms with Crippen LogP contribution in [0.1, 0.15) is 13.3 Å². The van der Waals surface area contributed by atoms with E-state index in [1.807, 2.05) is 11.4 Å². The van der Waals surface area contributed by atoms with Crippen molar-refractivity contribution in [2.45, 2.75) is 13.3 Å². The van der Waals surface area contributed by atoms with Gasteiger partial charge in [0.2, 0.25) is 0 Å². The van der Waals surface area contributed by atoms with Gasteiger partial charge in [0.15, 0.2) is 0 Å². The Morgan fingerprint density at radius 2 is 2.00 bits per heavy atom. The molecule has 0 spiro atoms. The number of aromatic nitrogens is 1. The third-order valence-electron chi connectivity index (χ3n) is 2.30. The van der Waals surface area contributed by atoms with E-state index in [0.29, 0.717) is 26.6 Å². The number of hydrogen-bond donors (Lipinski definition) is 1. The molecule has 0 amide bonds. The first-order chi connectivity index (χ1) is 8.63. The Labute approximate surface area is 125 Å². The van der Waals surface area contributed by atoms with Crippen molar-refractivity contribution in [3.8, 4) is 10.6 Å². The van der Waals surface area contributed by atoms with Crippen LogP contribution >= 0.6 is 46.1 Å². The number of nitrogens with one attached hydrogen (secondary N) is 1. The van der Waals surface area contributed by atoms with Gasteiger partial charge in [0.25, 0.3) is 0 Å². The van der Waals surface area contributed by atoms with Crippen LogP contribution in [0.2, 0.25) is 15.1 Å². The first kappa shape index (κ1) is 13.9. The number of nitrogens with zero attached hydrogens (tertiary/aromatic N) is 1. The smallest absolute Gasteiger partial charge is 0.145 e. The van der Waals surface area contributed by atoms with Crippen molar-refractivity contribution in [3.05, 3.63) is 32.6 Å². The van der Waals surface area contributed by atoms with E-state index in [2.05, 4.69) is 17.2 Å². The van der Waals surface area contributed by atoms with Crippen LogP contribution in [0, 0.1) is 0 Å². The van der Waals surface area contributed by atoms with Gasteiger partial charge in [0, 0.05) is 6.54 Å². The fraction of sp³-hybridized carbons (Fsp3) is 0.250. The average Bonchev–Trinajstić information content (AvgIpc) is 2.74. The highest BCUT2D eigenvalue weighted by atomic mass is 35.5. The maximum atomic E-state index is 6.17. The van der Waals surface area contributed by atoms with E-state index in [-0.39, 0.29) is 0 Å². The zero-order valence-corrected chi connectivity index (χ0v) is 12.7. The number of halogens is 3. The molecule has 96 valence electrons. The maximum Gasteiger partial charge on any atom is 0.145 e. The minimum atomic E-state index is 0.506. The largest absolute Gasteiger partial charge is 0.369 e. The minimum Gasteiger partial charge on any atom is -0.369 e. The second-order valence-electron chi connectivity index (χ2n) is 3.67. The Balaban J connectivity index is 2.45. The molecule has 1 N–H and O–H groups in total. The predicted octanol–water partition coefficient (Wildman–Crippen LogP) is 5.59. The fourth-order valence-electron chi connectivity index (χ4n) is 1.46. The summed E-state index contributed by atoms with van der Waals surface area (Å²) in [5.74, 6) is 0.641. The molecule has 18 heavy (non-hydrogen) atoms. The minimum absolute atomic E-state index is 0.506.